The Morgan fingerprint density at radius 2 is 1.71 bits per heavy atom. The molecule has 1 aliphatic carbocycles. The number of hydrogen-bond donors (Lipinski definition) is 0. The van der Waals surface area contributed by atoms with Crippen LogP contribution in [0.15, 0.2) is 53.6 Å². The molecule has 0 amide bonds. The molecule has 88 valence electrons. The first-order chi connectivity index (χ1) is 8.29. The molecule has 1 aliphatic rings. The summed E-state index contributed by atoms with van der Waals surface area (Å²) in [6, 6.07) is 8.10. The third-order valence-electron chi connectivity index (χ3n) is 3.01. The lowest BCUT2D eigenvalue weighted by molar-refractivity contribution is 0.415. The fourth-order valence-corrected chi connectivity index (χ4v) is 1.92. The second kappa shape index (κ2) is 5.53. The first-order valence-corrected chi connectivity index (χ1v) is 5.99. The van der Waals surface area contributed by atoms with Gasteiger partial charge >= 0.3 is 0 Å². The van der Waals surface area contributed by atoms with Crippen molar-refractivity contribution in [2.24, 2.45) is 0 Å². The quantitative estimate of drug-likeness (QED) is 0.743. The summed E-state index contributed by atoms with van der Waals surface area (Å²) >= 11 is 0. The fraction of sp³-hybridized carbons (Fsp3) is 0.250. The molecule has 2 rings (SSSR count). The predicted molar refractivity (Wildman–Crippen MR) is 73.1 cm³/mol. The largest absolute Gasteiger partial charge is 0.497 e. The molecule has 0 N–H and O–H groups in total. The van der Waals surface area contributed by atoms with E-state index in [9.17, 15) is 0 Å². The first-order valence-electron chi connectivity index (χ1n) is 5.99. The van der Waals surface area contributed by atoms with Crippen molar-refractivity contribution in [1.82, 2.24) is 0 Å². The van der Waals surface area contributed by atoms with Crippen molar-refractivity contribution in [1.29, 1.82) is 0 Å². The van der Waals surface area contributed by atoms with Crippen molar-refractivity contribution in [3.05, 3.63) is 59.2 Å². The fourth-order valence-electron chi connectivity index (χ4n) is 1.92. The lowest BCUT2D eigenvalue weighted by Gasteiger charge is -2.08. The van der Waals surface area contributed by atoms with E-state index in [4.69, 9.17) is 4.74 Å². The summed E-state index contributed by atoms with van der Waals surface area (Å²) < 4.78 is 5.14. The molecule has 0 spiro atoms. The maximum absolute atomic E-state index is 5.14. The van der Waals surface area contributed by atoms with Gasteiger partial charge in [0.1, 0.15) is 5.75 Å². The summed E-state index contributed by atoms with van der Waals surface area (Å²) in [6.07, 6.45) is 11.3. The minimum Gasteiger partial charge on any atom is -0.497 e. The van der Waals surface area contributed by atoms with E-state index in [0.29, 0.717) is 0 Å². The minimum absolute atomic E-state index is 0.898. The summed E-state index contributed by atoms with van der Waals surface area (Å²) in [5, 5.41) is 0. The van der Waals surface area contributed by atoms with E-state index in [1.54, 1.807) is 7.11 Å². The zero-order chi connectivity index (χ0) is 12.1. The molecule has 0 atom stereocenters. The second-order valence-electron chi connectivity index (χ2n) is 4.23. The molecule has 0 radical (unpaired) electrons. The normalized spacial score (nSPS) is 15.6. The monoisotopic (exact) mass is 226 g/mol. The van der Waals surface area contributed by atoms with Crippen molar-refractivity contribution < 1.29 is 4.74 Å². The number of ether oxygens (including phenoxy) is 1. The van der Waals surface area contributed by atoms with Crippen LogP contribution in [0.2, 0.25) is 0 Å². The van der Waals surface area contributed by atoms with E-state index in [1.165, 1.54) is 23.1 Å². The van der Waals surface area contributed by atoms with Crippen LogP contribution < -0.4 is 4.74 Å². The van der Waals surface area contributed by atoms with Crippen LogP contribution in [0.5, 0.6) is 5.75 Å². The highest BCUT2D eigenvalue weighted by molar-refractivity contribution is 5.57. The van der Waals surface area contributed by atoms with Crippen molar-refractivity contribution >= 4 is 6.08 Å². The number of benzene rings is 1. The van der Waals surface area contributed by atoms with E-state index in [-0.39, 0.29) is 0 Å². The Labute approximate surface area is 103 Å². The molecule has 0 heterocycles. The molecule has 0 aliphatic heterocycles. The van der Waals surface area contributed by atoms with Crippen molar-refractivity contribution in [2.75, 3.05) is 7.11 Å². The zero-order valence-electron chi connectivity index (χ0n) is 10.4. The van der Waals surface area contributed by atoms with Crippen LogP contribution >= 0.6 is 0 Å². The Kier molecular flexibility index (Phi) is 3.81. The van der Waals surface area contributed by atoms with Crippen LogP contribution in [0.25, 0.3) is 6.08 Å². The molecule has 0 saturated heterocycles. The van der Waals surface area contributed by atoms with Gasteiger partial charge in [-0.25, -0.2) is 0 Å². The summed E-state index contributed by atoms with van der Waals surface area (Å²) in [7, 11) is 1.69. The van der Waals surface area contributed by atoms with Crippen molar-refractivity contribution in [2.45, 2.75) is 19.8 Å². The maximum atomic E-state index is 5.14. The molecule has 0 bridgehead atoms. The highest BCUT2D eigenvalue weighted by Crippen LogP contribution is 2.20. The Hall–Kier alpha value is -1.76. The average molecular weight is 226 g/mol. The lowest BCUT2D eigenvalue weighted by Crippen LogP contribution is -1.88. The van der Waals surface area contributed by atoms with Gasteiger partial charge in [-0.3, -0.25) is 0 Å². The minimum atomic E-state index is 0.898. The zero-order valence-corrected chi connectivity index (χ0v) is 10.4. The molecule has 1 heteroatoms. The number of rotatable bonds is 3. The van der Waals surface area contributed by atoms with E-state index in [0.717, 1.165) is 12.2 Å². The SMILES string of the molecule is COc1ccc(/C=C/C2=CCCC=C2C)cc1. The first kappa shape index (κ1) is 11.7. The number of methoxy groups -OCH3 is 1. The van der Waals surface area contributed by atoms with Crippen LogP contribution in [-0.4, -0.2) is 7.11 Å². The van der Waals surface area contributed by atoms with Gasteiger partial charge in [0.15, 0.2) is 0 Å². The standard InChI is InChI=1S/C16H18O/c1-13-5-3-4-6-15(13)10-7-14-8-11-16(17-2)12-9-14/h5-12H,3-4H2,1-2H3/b10-7+. The molecule has 1 nitrogen and oxygen atoms in total. The molecule has 1 aromatic rings. The molecule has 0 unspecified atom stereocenters. The Bertz CT molecular complexity index is 461. The molecule has 17 heavy (non-hydrogen) atoms. The van der Waals surface area contributed by atoms with Crippen LogP contribution in [0.4, 0.5) is 0 Å². The Balaban J connectivity index is 2.09. The number of hydrogen-bond acceptors (Lipinski definition) is 1. The average Bonchev–Trinajstić information content (AvgIpc) is 2.38. The van der Waals surface area contributed by atoms with Gasteiger partial charge in [0.25, 0.3) is 0 Å². The van der Waals surface area contributed by atoms with E-state index in [2.05, 4.69) is 43.4 Å². The highest BCUT2D eigenvalue weighted by Gasteiger charge is 2.00. The van der Waals surface area contributed by atoms with Gasteiger partial charge in [-0.1, -0.05) is 36.4 Å². The predicted octanol–water partition coefficient (Wildman–Crippen LogP) is 4.37. The second-order valence-corrected chi connectivity index (χ2v) is 4.23. The van der Waals surface area contributed by atoms with E-state index < -0.39 is 0 Å². The highest BCUT2D eigenvalue weighted by atomic mass is 16.5. The molecular weight excluding hydrogens is 208 g/mol. The summed E-state index contributed by atoms with van der Waals surface area (Å²) in [5.74, 6) is 0.898. The lowest BCUT2D eigenvalue weighted by atomic mass is 9.98. The molecule has 0 saturated carbocycles. The Morgan fingerprint density at radius 1 is 1.00 bits per heavy atom. The van der Waals surface area contributed by atoms with Gasteiger partial charge in [0.05, 0.1) is 7.11 Å². The van der Waals surface area contributed by atoms with Crippen LogP contribution in [0.3, 0.4) is 0 Å². The van der Waals surface area contributed by atoms with Crippen LogP contribution in [0, 0.1) is 0 Å². The molecular formula is C16H18O. The Morgan fingerprint density at radius 3 is 2.35 bits per heavy atom. The maximum Gasteiger partial charge on any atom is 0.118 e. The summed E-state index contributed by atoms with van der Waals surface area (Å²) in [6.45, 7) is 2.17. The van der Waals surface area contributed by atoms with E-state index >= 15 is 0 Å². The summed E-state index contributed by atoms with van der Waals surface area (Å²) in [4.78, 5) is 0. The van der Waals surface area contributed by atoms with Crippen molar-refractivity contribution in [3.63, 3.8) is 0 Å². The van der Waals surface area contributed by atoms with Gasteiger partial charge in [-0.05, 0) is 48.6 Å². The van der Waals surface area contributed by atoms with Crippen LogP contribution in [0.1, 0.15) is 25.3 Å². The number of allylic oxidation sites excluding steroid dienone is 5. The van der Waals surface area contributed by atoms with Gasteiger partial charge in [0.2, 0.25) is 0 Å². The molecule has 0 aromatic heterocycles. The topological polar surface area (TPSA) is 9.23 Å². The van der Waals surface area contributed by atoms with Gasteiger partial charge < -0.3 is 4.74 Å². The van der Waals surface area contributed by atoms with Crippen LogP contribution in [-0.2, 0) is 0 Å². The third-order valence-corrected chi connectivity index (χ3v) is 3.01. The van der Waals surface area contributed by atoms with Gasteiger partial charge in [-0.15, -0.1) is 0 Å². The summed E-state index contributed by atoms with van der Waals surface area (Å²) in [5.41, 5.74) is 3.91. The van der Waals surface area contributed by atoms with Gasteiger partial charge in [0, 0.05) is 0 Å². The third kappa shape index (κ3) is 3.10. The van der Waals surface area contributed by atoms with E-state index in [1.807, 2.05) is 12.1 Å². The van der Waals surface area contributed by atoms with Gasteiger partial charge in [-0.2, -0.15) is 0 Å². The molecule has 1 aromatic carbocycles. The molecule has 0 fully saturated rings. The van der Waals surface area contributed by atoms with Crippen molar-refractivity contribution in [3.8, 4) is 5.75 Å². The smallest absolute Gasteiger partial charge is 0.118 e.